The van der Waals surface area contributed by atoms with Crippen molar-refractivity contribution < 1.29 is 14.3 Å². The number of para-hydroxylation sites is 1. The van der Waals surface area contributed by atoms with Crippen LogP contribution in [-0.2, 0) is 9.53 Å². The molecule has 0 aromatic heterocycles. The number of nitriles is 1. The third-order valence-electron chi connectivity index (χ3n) is 4.87. The molecular formula is C18H23N3O3. The number of nitrogens with one attached hydrogen (secondary N) is 1. The van der Waals surface area contributed by atoms with Gasteiger partial charge in [0.05, 0.1) is 18.7 Å². The summed E-state index contributed by atoms with van der Waals surface area (Å²) in [5.41, 5.74) is 0.748. The molecule has 1 fully saturated rings. The second-order valence-electron chi connectivity index (χ2n) is 6.51. The standard InChI is InChI=1S/C18H23N3O3/c1-23-13-17(22)20-15-12-18(6-9-21(10-7-18)11-8-19)24-16-5-3-2-4-14(15)16/h2-5,15H,6-7,9-13H2,1H3,(H,20,22). The number of carbonyl (C=O) groups excluding carboxylic acids is 1. The van der Waals surface area contributed by atoms with E-state index in [1.165, 1.54) is 7.11 Å². The Labute approximate surface area is 142 Å². The van der Waals surface area contributed by atoms with Crippen LogP contribution in [0.4, 0.5) is 0 Å². The number of hydrogen-bond acceptors (Lipinski definition) is 5. The number of likely N-dealkylation sites (tertiary alicyclic amines) is 1. The first-order chi connectivity index (χ1) is 11.7. The molecule has 0 bridgehead atoms. The van der Waals surface area contributed by atoms with E-state index >= 15 is 0 Å². The highest BCUT2D eigenvalue weighted by Gasteiger charge is 2.43. The van der Waals surface area contributed by atoms with Crippen LogP contribution in [-0.4, -0.2) is 49.8 Å². The number of rotatable bonds is 4. The Bertz CT molecular complexity index is 633. The van der Waals surface area contributed by atoms with Gasteiger partial charge in [-0.25, -0.2) is 0 Å². The molecule has 3 rings (SSSR count). The van der Waals surface area contributed by atoms with Crippen molar-refractivity contribution in [1.82, 2.24) is 10.2 Å². The van der Waals surface area contributed by atoms with Crippen molar-refractivity contribution in [1.29, 1.82) is 5.26 Å². The first-order valence-electron chi connectivity index (χ1n) is 8.31. The minimum absolute atomic E-state index is 0.0580. The van der Waals surface area contributed by atoms with E-state index in [1.807, 2.05) is 24.3 Å². The number of benzene rings is 1. The van der Waals surface area contributed by atoms with Crippen LogP contribution in [0, 0.1) is 11.3 Å². The lowest BCUT2D eigenvalue weighted by atomic mass is 9.80. The predicted octanol–water partition coefficient (Wildman–Crippen LogP) is 1.63. The number of carbonyl (C=O) groups is 1. The molecule has 1 unspecified atom stereocenters. The average molecular weight is 329 g/mol. The van der Waals surface area contributed by atoms with E-state index in [2.05, 4.69) is 16.3 Å². The van der Waals surface area contributed by atoms with E-state index in [1.54, 1.807) is 0 Å². The molecule has 2 heterocycles. The molecule has 0 saturated carbocycles. The van der Waals surface area contributed by atoms with Gasteiger partial charge in [0.2, 0.25) is 5.91 Å². The van der Waals surface area contributed by atoms with Gasteiger partial charge in [0.1, 0.15) is 18.0 Å². The van der Waals surface area contributed by atoms with Crippen LogP contribution in [0.1, 0.15) is 30.9 Å². The molecule has 24 heavy (non-hydrogen) atoms. The van der Waals surface area contributed by atoms with E-state index < -0.39 is 0 Å². The molecule has 0 radical (unpaired) electrons. The molecule has 6 heteroatoms. The number of hydrogen-bond donors (Lipinski definition) is 1. The van der Waals surface area contributed by atoms with Gasteiger partial charge < -0.3 is 14.8 Å². The quantitative estimate of drug-likeness (QED) is 0.850. The molecule has 1 spiro atoms. The first-order valence-corrected chi connectivity index (χ1v) is 8.31. The summed E-state index contributed by atoms with van der Waals surface area (Å²) in [7, 11) is 1.52. The summed E-state index contributed by atoms with van der Waals surface area (Å²) >= 11 is 0. The molecule has 1 atom stereocenters. The van der Waals surface area contributed by atoms with Gasteiger partial charge in [-0.05, 0) is 18.9 Å². The molecule has 1 N–H and O–H groups in total. The summed E-state index contributed by atoms with van der Waals surface area (Å²) in [5.74, 6) is 0.733. The lowest BCUT2D eigenvalue weighted by Gasteiger charge is -2.46. The third kappa shape index (κ3) is 3.53. The summed E-state index contributed by atoms with van der Waals surface area (Å²) in [6.07, 6.45) is 2.47. The van der Waals surface area contributed by atoms with Crippen LogP contribution in [0.25, 0.3) is 0 Å². The zero-order valence-electron chi connectivity index (χ0n) is 14.0. The Balaban J connectivity index is 1.78. The van der Waals surface area contributed by atoms with Crippen LogP contribution in [0.3, 0.4) is 0 Å². The Morgan fingerprint density at radius 1 is 1.46 bits per heavy atom. The molecule has 1 aromatic rings. The topological polar surface area (TPSA) is 74.6 Å². The van der Waals surface area contributed by atoms with Crippen molar-refractivity contribution in [3.05, 3.63) is 29.8 Å². The smallest absolute Gasteiger partial charge is 0.246 e. The molecule has 1 amide bonds. The molecule has 1 aromatic carbocycles. The largest absolute Gasteiger partial charge is 0.487 e. The normalized spacial score (nSPS) is 22.2. The summed E-state index contributed by atoms with van der Waals surface area (Å²) in [4.78, 5) is 14.2. The predicted molar refractivity (Wildman–Crippen MR) is 88.5 cm³/mol. The van der Waals surface area contributed by atoms with Crippen LogP contribution < -0.4 is 10.1 Å². The van der Waals surface area contributed by atoms with Crippen molar-refractivity contribution in [2.75, 3.05) is 33.4 Å². The van der Waals surface area contributed by atoms with Gasteiger partial charge >= 0.3 is 0 Å². The van der Waals surface area contributed by atoms with E-state index in [4.69, 9.17) is 14.7 Å². The maximum atomic E-state index is 12.0. The van der Waals surface area contributed by atoms with Gasteiger partial charge in [0.25, 0.3) is 0 Å². The second kappa shape index (κ2) is 7.20. The molecular weight excluding hydrogens is 306 g/mol. The maximum absolute atomic E-state index is 12.0. The number of ether oxygens (including phenoxy) is 2. The Kier molecular flexibility index (Phi) is 5.03. The molecule has 1 saturated heterocycles. The average Bonchev–Trinajstić information content (AvgIpc) is 2.58. The highest BCUT2D eigenvalue weighted by molar-refractivity contribution is 5.77. The Morgan fingerprint density at radius 2 is 2.21 bits per heavy atom. The van der Waals surface area contributed by atoms with Crippen LogP contribution >= 0.6 is 0 Å². The zero-order chi connectivity index (χ0) is 17.0. The van der Waals surface area contributed by atoms with Gasteiger partial charge in [0, 0.05) is 32.2 Å². The monoisotopic (exact) mass is 329 g/mol. The number of methoxy groups -OCH3 is 1. The number of fused-ring (bicyclic) bond motifs is 1. The van der Waals surface area contributed by atoms with E-state index in [0.717, 1.165) is 43.7 Å². The highest BCUT2D eigenvalue weighted by Crippen LogP contribution is 2.44. The minimum Gasteiger partial charge on any atom is -0.487 e. The number of amides is 1. The van der Waals surface area contributed by atoms with Crippen LogP contribution in [0.15, 0.2) is 24.3 Å². The maximum Gasteiger partial charge on any atom is 0.246 e. The zero-order valence-corrected chi connectivity index (χ0v) is 14.0. The van der Waals surface area contributed by atoms with Crippen molar-refractivity contribution in [2.24, 2.45) is 0 Å². The van der Waals surface area contributed by atoms with Gasteiger partial charge in [0.15, 0.2) is 0 Å². The fraction of sp³-hybridized carbons (Fsp3) is 0.556. The van der Waals surface area contributed by atoms with E-state index in [0.29, 0.717) is 6.54 Å². The minimum atomic E-state index is -0.272. The molecule has 0 aliphatic carbocycles. The van der Waals surface area contributed by atoms with E-state index in [9.17, 15) is 4.79 Å². The first kappa shape index (κ1) is 16.7. The van der Waals surface area contributed by atoms with Crippen molar-refractivity contribution in [2.45, 2.75) is 30.9 Å². The number of nitrogens with zero attached hydrogens (tertiary/aromatic N) is 2. The van der Waals surface area contributed by atoms with Gasteiger partial charge in [-0.2, -0.15) is 5.26 Å². The highest BCUT2D eigenvalue weighted by atomic mass is 16.5. The molecule has 2 aliphatic rings. The summed E-state index contributed by atoms with van der Waals surface area (Å²) in [6.45, 7) is 2.20. The van der Waals surface area contributed by atoms with Crippen molar-refractivity contribution in [3.63, 3.8) is 0 Å². The third-order valence-corrected chi connectivity index (χ3v) is 4.87. The summed E-state index contributed by atoms with van der Waals surface area (Å²) < 4.78 is 11.3. The number of piperidine rings is 1. The Hall–Kier alpha value is -2.10. The van der Waals surface area contributed by atoms with Gasteiger partial charge in [-0.3, -0.25) is 9.69 Å². The fourth-order valence-corrected chi connectivity index (χ4v) is 3.64. The van der Waals surface area contributed by atoms with Crippen molar-refractivity contribution >= 4 is 5.91 Å². The summed E-state index contributed by atoms with van der Waals surface area (Å²) in [5, 5.41) is 11.9. The van der Waals surface area contributed by atoms with E-state index in [-0.39, 0.29) is 24.2 Å². The lowest BCUT2D eigenvalue weighted by molar-refractivity contribution is -0.126. The molecule has 128 valence electrons. The second-order valence-corrected chi connectivity index (χ2v) is 6.51. The molecule has 6 nitrogen and oxygen atoms in total. The molecule has 2 aliphatic heterocycles. The summed E-state index contributed by atoms with van der Waals surface area (Å²) in [6, 6.07) is 10.0. The fourth-order valence-electron chi connectivity index (χ4n) is 3.64. The van der Waals surface area contributed by atoms with Crippen LogP contribution in [0.5, 0.6) is 5.75 Å². The van der Waals surface area contributed by atoms with Crippen molar-refractivity contribution in [3.8, 4) is 11.8 Å². The Morgan fingerprint density at radius 3 is 2.92 bits per heavy atom. The van der Waals surface area contributed by atoms with Gasteiger partial charge in [-0.1, -0.05) is 18.2 Å². The van der Waals surface area contributed by atoms with Gasteiger partial charge in [-0.15, -0.1) is 0 Å². The van der Waals surface area contributed by atoms with Crippen LogP contribution in [0.2, 0.25) is 0 Å². The lowest BCUT2D eigenvalue weighted by Crippen LogP contribution is -2.52. The SMILES string of the molecule is COCC(=O)NC1CC2(CCN(CC#N)CC2)Oc2ccccc21.